The zero-order valence-corrected chi connectivity index (χ0v) is 14.4. The van der Waals surface area contributed by atoms with E-state index in [0.29, 0.717) is 16.0 Å². The molecule has 2 aliphatic rings. The van der Waals surface area contributed by atoms with E-state index in [2.05, 4.69) is 38.9 Å². The summed E-state index contributed by atoms with van der Waals surface area (Å²) in [5.74, 6) is 0.836. The van der Waals surface area contributed by atoms with Gasteiger partial charge < -0.3 is 14.6 Å². The normalized spacial score (nSPS) is 26.8. The van der Waals surface area contributed by atoms with Crippen molar-refractivity contribution in [1.82, 2.24) is 0 Å². The largest absolute Gasteiger partial charge is 0.586 e. The van der Waals surface area contributed by atoms with Crippen LogP contribution in [-0.2, 0) is 0 Å². The van der Waals surface area contributed by atoms with E-state index in [1.54, 1.807) is 0 Å². The number of hydrogen-bond acceptors (Lipinski definition) is 3. The first-order valence-corrected chi connectivity index (χ1v) is 8.52. The Morgan fingerprint density at radius 1 is 1.26 bits per heavy atom. The van der Waals surface area contributed by atoms with E-state index >= 15 is 0 Å². The predicted octanol–water partition coefficient (Wildman–Crippen LogP) is 5.19. The Hall–Kier alpha value is -1.14. The highest BCUT2D eigenvalue weighted by Gasteiger charge is 2.44. The molecule has 0 radical (unpaired) electrons. The average molecular weight is 389 g/mol. The molecular weight excluding hydrogens is 370 g/mol. The maximum atomic E-state index is 13.1. The molecule has 1 heterocycles. The Bertz CT molecular complexity index is 625. The molecule has 1 aliphatic carbocycles. The van der Waals surface area contributed by atoms with Gasteiger partial charge in [0.05, 0.1) is 0 Å². The third kappa shape index (κ3) is 3.38. The van der Waals surface area contributed by atoms with Gasteiger partial charge in [0.1, 0.15) is 6.10 Å². The third-order valence-corrected chi connectivity index (χ3v) is 5.39. The topological polar surface area (TPSA) is 38.7 Å². The number of ether oxygens (including phenoxy) is 2. The molecule has 1 saturated carbocycles. The molecule has 1 aromatic rings. The van der Waals surface area contributed by atoms with Crippen molar-refractivity contribution in [2.45, 2.75) is 45.0 Å². The molecule has 1 fully saturated rings. The Morgan fingerprint density at radius 2 is 1.83 bits per heavy atom. The predicted molar refractivity (Wildman–Crippen MR) is 85.6 cm³/mol. The van der Waals surface area contributed by atoms with E-state index in [1.807, 2.05) is 0 Å². The van der Waals surface area contributed by atoms with E-state index < -0.39 is 12.4 Å². The van der Waals surface area contributed by atoms with Crippen molar-refractivity contribution in [3.63, 3.8) is 0 Å². The Kier molecular flexibility index (Phi) is 4.40. The van der Waals surface area contributed by atoms with Crippen molar-refractivity contribution < 1.29 is 23.4 Å². The fourth-order valence-corrected chi connectivity index (χ4v) is 3.79. The Morgan fingerprint density at radius 3 is 2.43 bits per heavy atom. The highest BCUT2D eigenvalue weighted by molar-refractivity contribution is 9.10. The zero-order valence-electron chi connectivity index (χ0n) is 12.8. The number of aliphatic hydroxyl groups excluding tert-OH is 1. The Balaban J connectivity index is 1.80. The monoisotopic (exact) mass is 388 g/mol. The summed E-state index contributed by atoms with van der Waals surface area (Å²) in [6.07, 6.45) is -0.363. The number of halogens is 3. The third-order valence-electron chi connectivity index (χ3n) is 4.71. The van der Waals surface area contributed by atoms with Gasteiger partial charge in [-0.3, -0.25) is 0 Å². The number of aliphatic hydroxyl groups is 1. The molecule has 3 nitrogen and oxygen atoms in total. The summed E-state index contributed by atoms with van der Waals surface area (Å²) < 4.78 is 35.7. The SMILES string of the molecule is C=C(C1CCC(C)CC1)C(O)c1cc2c(cc1Br)OC(F)(F)O2. The number of alkyl halides is 2. The van der Waals surface area contributed by atoms with Gasteiger partial charge in [0.25, 0.3) is 0 Å². The van der Waals surface area contributed by atoms with Gasteiger partial charge in [-0.25, -0.2) is 0 Å². The molecule has 126 valence electrons. The standard InChI is InChI=1S/C17H19BrF2O3/c1-9-3-5-11(6-4-9)10(2)16(21)12-7-14-15(8-13(12)18)23-17(19,20)22-14/h7-9,11,16,21H,2-6H2,1H3. The molecule has 3 rings (SSSR count). The molecule has 1 atom stereocenters. The van der Waals surface area contributed by atoms with Crippen molar-refractivity contribution in [2.24, 2.45) is 11.8 Å². The maximum Gasteiger partial charge on any atom is 0.586 e. The van der Waals surface area contributed by atoms with Gasteiger partial charge in [-0.1, -0.05) is 42.3 Å². The summed E-state index contributed by atoms with van der Waals surface area (Å²) >= 11 is 3.31. The van der Waals surface area contributed by atoms with Crippen LogP contribution in [0.1, 0.15) is 44.3 Å². The van der Waals surface area contributed by atoms with Gasteiger partial charge in [0.15, 0.2) is 11.5 Å². The van der Waals surface area contributed by atoms with Gasteiger partial charge in [0.2, 0.25) is 0 Å². The molecule has 0 amide bonds. The van der Waals surface area contributed by atoms with E-state index in [4.69, 9.17) is 0 Å². The highest BCUT2D eigenvalue weighted by atomic mass is 79.9. The number of benzene rings is 1. The van der Waals surface area contributed by atoms with Crippen LogP contribution >= 0.6 is 15.9 Å². The molecule has 0 saturated heterocycles. The van der Waals surface area contributed by atoms with Crippen LogP contribution in [-0.4, -0.2) is 11.4 Å². The van der Waals surface area contributed by atoms with Gasteiger partial charge >= 0.3 is 6.29 Å². The molecule has 23 heavy (non-hydrogen) atoms. The molecule has 1 N–H and O–H groups in total. The van der Waals surface area contributed by atoms with Crippen molar-refractivity contribution in [1.29, 1.82) is 0 Å². The second-order valence-corrected chi connectivity index (χ2v) is 7.28. The lowest BCUT2D eigenvalue weighted by atomic mass is 9.77. The van der Waals surface area contributed by atoms with Crippen LogP contribution < -0.4 is 9.47 Å². The van der Waals surface area contributed by atoms with Crippen LogP contribution in [0.25, 0.3) is 0 Å². The summed E-state index contributed by atoms with van der Waals surface area (Å²) in [5, 5.41) is 10.6. The summed E-state index contributed by atoms with van der Waals surface area (Å²) in [4.78, 5) is 0. The molecular formula is C17H19BrF2O3. The van der Waals surface area contributed by atoms with Crippen molar-refractivity contribution in [2.75, 3.05) is 0 Å². The molecule has 0 spiro atoms. The highest BCUT2D eigenvalue weighted by Crippen LogP contribution is 2.47. The summed E-state index contributed by atoms with van der Waals surface area (Å²) in [5.41, 5.74) is 1.19. The number of hydrogen-bond donors (Lipinski definition) is 1. The first kappa shape index (κ1) is 16.7. The van der Waals surface area contributed by atoms with Crippen LogP contribution in [0.5, 0.6) is 11.5 Å². The summed E-state index contributed by atoms with van der Waals surface area (Å²) in [6.45, 7) is 6.28. The first-order valence-electron chi connectivity index (χ1n) is 7.73. The smallest absolute Gasteiger partial charge is 0.395 e. The molecule has 1 aromatic carbocycles. The Labute approximate surface area is 142 Å². The minimum Gasteiger partial charge on any atom is -0.395 e. The lowest BCUT2D eigenvalue weighted by Gasteiger charge is -2.30. The van der Waals surface area contributed by atoms with Gasteiger partial charge in [0, 0.05) is 10.0 Å². The minimum atomic E-state index is -3.66. The van der Waals surface area contributed by atoms with E-state index in [0.717, 1.165) is 31.3 Å². The fraction of sp³-hybridized carbons (Fsp3) is 0.529. The van der Waals surface area contributed by atoms with Gasteiger partial charge in [-0.2, -0.15) is 0 Å². The molecule has 6 heteroatoms. The van der Waals surface area contributed by atoms with Crippen LogP contribution in [0, 0.1) is 11.8 Å². The van der Waals surface area contributed by atoms with Crippen molar-refractivity contribution >= 4 is 15.9 Å². The van der Waals surface area contributed by atoms with Gasteiger partial charge in [-0.15, -0.1) is 8.78 Å². The molecule has 0 bridgehead atoms. The number of rotatable bonds is 3. The summed E-state index contributed by atoms with van der Waals surface area (Å²) in [6, 6.07) is 2.78. The molecule has 0 aromatic heterocycles. The van der Waals surface area contributed by atoms with Gasteiger partial charge in [-0.05, 0) is 42.4 Å². The summed E-state index contributed by atoms with van der Waals surface area (Å²) in [7, 11) is 0. The van der Waals surface area contributed by atoms with E-state index in [-0.39, 0.29) is 17.4 Å². The van der Waals surface area contributed by atoms with Crippen molar-refractivity contribution in [3.8, 4) is 11.5 Å². The van der Waals surface area contributed by atoms with E-state index in [1.165, 1.54) is 12.1 Å². The second kappa shape index (κ2) is 6.06. The van der Waals surface area contributed by atoms with Crippen molar-refractivity contribution in [3.05, 3.63) is 34.3 Å². The van der Waals surface area contributed by atoms with Crippen LogP contribution in [0.4, 0.5) is 8.78 Å². The lowest BCUT2D eigenvalue weighted by Crippen LogP contribution is -2.25. The first-order chi connectivity index (χ1) is 10.8. The maximum absolute atomic E-state index is 13.1. The number of fused-ring (bicyclic) bond motifs is 1. The zero-order chi connectivity index (χ0) is 16.8. The minimum absolute atomic E-state index is 0.0464. The second-order valence-electron chi connectivity index (χ2n) is 6.42. The lowest BCUT2D eigenvalue weighted by molar-refractivity contribution is -0.286. The van der Waals surface area contributed by atoms with Crippen LogP contribution in [0.3, 0.4) is 0 Å². The fourth-order valence-electron chi connectivity index (χ4n) is 3.25. The van der Waals surface area contributed by atoms with E-state index in [9.17, 15) is 13.9 Å². The average Bonchev–Trinajstić information content (AvgIpc) is 2.78. The van der Waals surface area contributed by atoms with Crippen LogP contribution in [0.2, 0.25) is 0 Å². The molecule has 1 unspecified atom stereocenters. The molecule has 1 aliphatic heterocycles. The van der Waals surface area contributed by atoms with Crippen LogP contribution in [0.15, 0.2) is 28.8 Å². The quantitative estimate of drug-likeness (QED) is 0.724.